The molecule has 0 bridgehead atoms. The van der Waals surface area contributed by atoms with Crippen molar-refractivity contribution in [1.82, 2.24) is 0 Å². The van der Waals surface area contributed by atoms with Gasteiger partial charge >= 0.3 is 0 Å². The van der Waals surface area contributed by atoms with Crippen molar-refractivity contribution in [3.05, 3.63) is 270 Å². The Morgan fingerprint density at radius 1 is 0.286 bits per heavy atom. The van der Waals surface area contributed by atoms with E-state index in [-0.39, 0.29) is 5.41 Å². The number of hydrogen-bond donors (Lipinski definition) is 0. The second-order valence-electron chi connectivity index (χ2n) is 17.7. The summed E-state index contributed by atoms with van der Waals surface area (Å²) in [6, 6.07) is 87.9. The average Bonchev–Trinajstić information content (AvgIpc) is 3.76. The molecule has 10 aromatic rings. The fourth-order valence-corrected chi connectivity index (χ4v) is 11.0. The van der Waals surface area contributed by atoms with Crippen LogP contribution < -0.4 is 4.90 Å². The zero-order chi connectivity index (χ0) is 42.1. The molecule has 10 aromatic carbocycles. The fraction of sp³-hybridized carbons (Fsp3) is 0.0645. The summed E-state index contributed by atoms with van der Waals surface area (Å²) < 4.78 is 0. The van der Waals surface area contributed by atoms with Gasteiger partial charge in [-0.05, 0) is 137 Å². The van der Waals surface area contributed by atoms with Crippen LogP contribution >= 0.6 is 0 Å². The normalized spacial score (nSPS) is 13.8. The van der Waals surface area contributed by atoms with Crippen molar-refractivity contribution in [2.75, 3.05) is 4.90 Å². The lowest BCUT2D eigenvalue weighted by molar-refractivity contribution is 0.661. The number of anilines is 3. The highest BCUT2D eigenvalue weighted by molar-refractivity contribution is 5.96. The topological polar surface area (TPSA) is 3.24 Å². The summed E-state index contributed by atoms with van der Waals surface area (Å²) in [4.78, 5) is 2.50. The van der Waals surface area contributed by atoms with Gasteiger partial charge in [-0.3, -0.25) is 0 Å². The first kappa shape index (κ1) is 37.1. The Balaban J connectivity index is 1.13. The van der Waals surface area contributed by atoms with Crippen molar-refractivity contribution < 1.29 is 0 Å². The van der Waals surface area contributed by atoms with Gasteiger partial charge in [0.2, 0.25) is 0 Å². The molecule has 0 aromatic heterocycles. The molecule has 2 aliphatic rings. The van der Waals surface area contributed by atoms with Gasteiger partial charge in [0.05, 0.1) is 5.41 Å². The highest BCUT2D eigenvalue weighted by Crippen LogP contribution is 2.58. The zero-order valence-electron chi connectivity index (χ0n) is 35.5. The molecular weight excluding hydrogens is 759 g/mol. The predicted molar refractivity (Wildman–Crippen MR) is 264 cm³/mol. The van der Waals surface area contributed by atoms with Crippen LogP contribution in [-0.4, -0.2) is 0 Å². The molecule has 12 rings (SSSR count). The van der Waals surface area contributed by atoms with Crippen molar-refractivity contribution in [2.45, 2.75) is 24.7 Å². The maximum atomic E-state index is 2.50. The molecule has 0 atom stereocenters. The summed E-state index contributed by atoms with van der Waals surface area (Å²) in [5.41, 5.74) is 20.5. The average molecular weight is 804 g/mol. The highest BCUT2D eigenvalue weighted by Gasteiger charge is 2.46. The molecule has 0 aliphatic heterocycles. The Hall–Kier alpha value is -7.74. The van der Waals surface area contributed by atoms with E-state index in [2.05, 4.69) is 255 Å². The van der Waals surface area contributed by atoms with Crippen LogP contribution in [0.25, 0.3) is 55.3 Å². The number of benzene rings is 10. The van der Waals surface area contributed by atoms with Crippen LogP contribution in [-0.2, 0) is 10.8 Å². The van der Waals surface area contributed by atoms with Crippen molar-refractivity contribution >= 4 is 27.8 Å². The van der Waals surface area contributed by atoms with Gasteiger partial charge in [-0.25, -0.2) is 0 Å². The van der Waals surface area contributed by atoms with Crippen molar-refractivity contribution in [1.29, 1.82) is 0 Å². The summed E-state index contributed by atoms with van der Waals surface area (Å²) in [5.74, 6) is 0. The third-order valence-corrected chi connectivity index (χ3v) is 13.9. The molecule has 0 heterocycles. The van der Waals surface area contributed by atoms with E-state index in [0.717, 1.165) is 17.1 Å². The monoisotopic (exact) mass is 803 g/mol. The molecule has 0 saturated carbocycles. The minimum atomic E-state index is -0.523. The van der Waals surface area contributed by atoms with E-state index in [1.165, 1.54) is 88.7 Å². The van der Waals surface area contributed by atoms with Crippen LogP contribution in [0.2, 0.25) is 0 Å². The van der Waals surface area contributed by atoms with Crippen LogP contribution in [0.15, 0.2) is 237 Å². The van der Waals surface area contributed by atoms with Crippen LogP contribution in [0.3, 0.4) is 0 Å². The van der Waals surface area contributed by atoms with Crippen LogP contribution in [0.5, 0.6) is 0 Å². The first-order valence-electron chi connectivity index (χ1n) is 22.1. The second kappa shape index (κ2) is 14.4. The molecule has 0 saturated heterocycles. The summed E-state index contributed by atoms with van der Waals surface area (Å²) >= 11 is 0. The Morgan fingerprint density at radius 2 is 0.746 bits per heavy atom. The number of nitrogens with zero attached hydrogens (tertiary/aromatic N) is 1. The number of fused-ring (bicyclic) bond motifs is 7. The Bertz CT molecular complexity index is 3310. The first-order valence-corrected chi connectivity index (χ1v) is 22.1. The van der Waals surface area contributed by atoms with Gasteiger partial charge in [-0.15, -0.1) is 0 Å². The summed E-state index contributed by atoms with van der Waals surface area (Å²) in [7, 11) is 0. The van der Waals surface area contributed by atoms with E-state index in [0.29, 0.717) is 0 Å². The SMILES string of the molecule is CC1(C)c2ccc(N(c3ccc(-c4ccccc4)c(-c4ccccc4)c3)c3ccc4c(c3)C(c3ccccc3)(c3ccccc3)c3ccccc3-4)cc2-c2cc3ccccc3cc21. The molecular formula is C62H45N. The van der Waals surface area contributed by atoms with Crippen molar-refractivity contribution in [2.24, 2.45) is 0 Å². The highest BCUT2D eigenvalue weighted by atomic mass is 15.1. The van der Waals surface area contributed by atoms with Gasteiger partial charge in [0, 0.05) is 22.5 Å². The maximum Gasteiger partial charge on any atom is 0.0714 e. The van der Waals surface area contributed by atoms with Gasteiger partial charge in [-0.2, -0.15) is 0 Å². The minimum Gasteiger partial charge on any atom is -0.310 e. The van der Waals surface area contributed by atoms with E-state index in [9.17, 15) is 0 Å². The molecule has 63 heavy (non-hydrogen) atoms. The summed E-state index contributed by atoms with van der Waals surface area (Å²) in [6.45, 7) is 4.76. The minimum absolute atomic E-state index is 0.139. The van der Waals surface area contributed by atoms with E-state index in [1.54, 1.807) is 0 Å². The molecule has 1 heteroatoms. The van der Waals surface area contributed by atoms with Crippen LogP contribution in [0.1, 0.15) is 47.2 Å². The van der Waals surface area contributed by atoms with Crippen LogP contribution in [0, 0.1) is 0 Å². The van der Waals surface area contributed by atoms with Crippen molar-refractivity contribution in [3.63, 3.8) is 0 Å². The van der Waals surface area contributed by atoms with Crippen molar-refractivity contribution in [3.8, 4) is 44.5 Å². The summed E-state index contributed by atoms with van der Waals surface area (Å²) in [5, 5.41) is 2.55. The Kier molecular flexibility index (Phi) is 8.49. The quantitative estimate of drug-likeness (QED) is 0.155. The standard InChI is InChI=1S/C62H45N/c1-61(2)57-36-33-49(40-56(57)55-37-44-23-15-16-24-45(44)38-59(55)61)63(48-31-34-51(42-19-7-3-8-20-42)54(39-48)43-21-9-4-10-22-43)50-32-35-53-52-29-17-18-30-58(52)62(60(53)41-50,46-25-11-5-12-26-46)47-27-13-6-14-28-47/h3-41H,1-2H3. The summed E-state index contributed by atoms with van der Waals surface area (Å²) in [6.07, 6.45) is 0. The van der Waals surface area contributed by atoms with Crippen LogP contribution in [0.4, 0.5) is 17.1 Å². The lowest BCUT2D eigenvalue weighted by atomic mass is 9.67. The Morgan fingerprint density at radius 3 is 1.40 bits per heavy atom. The molecule has 0 spiro atoms. The van der Waals surface area contributed by atoms with E-state index in [4.69, 9.17) is 0 Å². The smallest absolute Gasteiger partial charge is 0.0714 e. The molecule has 298 valence electrons. The van der Waals surface area contributed by atoms with Gasteiger partial charge in [-0.1, -0.05) is 202 Å². The molecule has 0 radical (unpaired) electrons. The molecule has 0 unspecified atom stereocenters. The number of rotatable bonds is 7. The first-order chi connectivity index (χ1) is 31.0. The lowest BCUT2D eigenvalue weighted by Gasteiger charge is -2.35. The van der Waals surface area contributed by atoms with Gasteiger partial charge in [0.15, 0.2) is 0 Å². The Labute approximate surface area is 370 Å². The molecule has 2 aliphatic carbocycles. The molecule has 0 amide bonds. The third kappa shape index (κ3) is 5.70. The lowest BCUT2D eigenvalue weighted by Crippen LogP contribution is -2.28. The maximum absolute atomic E-state index is 2.50. The molecule has 0 fully saturated rings. The van der Waals surface area contributed by atoms with Gasteiger partial charge in [0.25, 0.3) is 0 Å². The van der Waals surface area contributed by atoms with E-state index >= 15 is 0 Å². The number of hydrogen-bond acceptors (Lipinski definition) is 1. The molecule has 1 nitrogen and oxygen atoms in total. The zero-order valence-corrected chi connectivity index (χ0v) is 35.5. The van der Waals surface area contributed by atoms with E-state index < -0.39 is 5.41 Å². The van der Waals surface area contributed by atoms with Gasteiger partial charge in [0.1, 0.15) is 0 Å². The predicted octanol–water partition coefficient (Wildman–Crippen LogP) is 16.3. The largest absolute Gasteiger partial charge is 0.310 e. The molecule has 0 N–H and O–H groups in total. The van der Waals surface area contributed by atoms with Gasteiger partial charge < -0.3 is 4.90 Å². The van der Waals surface area contributed by atoms with E-state index in [1.807, 2.05) is 0 Å². The third-order valence-electron chi connectivity index (χ3n) is 13.9. The second-order valence-corrected chi connectivity index (χ2v) is 17.7. The fourth-order valence-electron chi connectivity index (χ4n) is 11.0.